The number of imide groups is 1. The summed E-state index contributed by atoms with van der Waals surface area (Å²) in [7, 11) is 0. The van der Waals surface area contributed by atoms with Crippen molar-refractivity contribution in [2.24, 2.45) is 0 Å². The first kappa shape index (κ1) is 19.4. The van der Waals surface area contributed by atoms with E-state index in [0.29, 0.717) is 0 Å². The van der Waals surface area contributed by atoms with E-state index < -0.39 is 5.54 Å². The summed E-state index contributed by atoms with van der Waals surface area (Å²) in [6.45, 7) is 5.91. The zero-order valence-corrected chi connectivity index (χ0v) is 18.0. The van der Waals surface area contributed by atoms with E-state index in [1.54, 1.807) is 6.92 Å². The molecule has 0 aliphatic carbocycles. The van der Waals surface area contributed by atoms with Gasteiger partial charge in [-0.2, -0.15) is 5.10 Å². The van der Waals surface area contributed by atoms with Crippen molar-refractivity contribution in [2.45, 2.75) is 32.9 Å². The van der Waals surface area contributed by atoms with E-state index >= 15 is 0 Å². The second-order valence-electron chi connectivity index (χ2n) is 7.46. The van der Waals surface area contributed by atoms with E-state index in [-0.39, 0.29) is 18.5 Å². The number of nitrogens with zero attached hydrogens (tertiary/aromatic N) is 3. The van der Waals surface area contributed by atoms with Crippen molar-refractivity contribution in [3.63, 3.8) is 0 Å². The molecule has 1 N–H and O–H groups in total. The SMILES string of the molecule is Cc1cc(C)n(-c2ccc(CN3C(=O)N[C@@](C)(c4cccc(Br)c4)C3=O)cc2)n1. The minimum absolute atomic E-state index is 0.214. The van der Waals surface area contributed by atoms with Crippen LogP contribution in [0.3, 0.4) is 0 Å². The van der Waals surface area contributed by atoms with Gasteiger partial charge in [-0.15, -0.1) is 0 Å². The smallest absolute Gasteiger partial charge is 0.319 e. The Balaban J connectivity index is 1.56. The number of hydrogen-bond acceptors (Lipinski definition) is 3. The number of urea groups is 1. The Morgan fingerprint density at radius 1 is 1.07 bits per heavy atom. The van der Waals surface area contributed by atoms with Gasteiger partial charge >= 0.3 is 6.03 Å². The van der Waals surface area contributed by atoms with E-state index in [0.717, 1.165) is 32.7 Å². The minimum atomic E-state index is -1.08. The van der Waals surface area contributed by atoms with E-state index in [2.05, 4.69) is 26.3 Å². The van der Waals surface area contributed by atoms with Crippen molar-refractivity contribution in [1.82, 2.24) is 20.0 Å². The lowest BCUT2D eigenvalue weighted by Gasteiger charge is -2.22. The highest BCUT2D eigenvalue weighted by molar-refractivity contribution is 9.10. The third kappa shape index (κ3) is 3.46. The monoisotopic (exact) mass is 452 g/mol. The lowest BCUT2D eigenvalue weighted by Crippen LogP contribution is -2.40. The Kier molecular flexibility index (Phi) is 4.78. The van der Waals surface area contributed by atoms with E-state index in [4.69, 9.17) is 0 Å². The van der Waals surface area contributed by atoms with E-state index in [9.17, 15) is 9.59 Å². The molecule has 29 heavy (non-hydrogen) atoms. The zero-order chi connectivity index (χ0) is 20.8. The van der Waals surface area contributed by atoms with Crippen molar-refractivity contribution in [2.75, 3.05) is 0 Å². The number of carbonyl (C=O) groups is 2. The van der Waals surface area contributed by atoms with Crippen LogP contribution in [-0.2, 0) is 16.9 Å². The molecule has 2 heterocycles. The van der Waals surface area contributed by atoms with Crippen molar-refractivity contribution in [3.8, 4) is 5.69 Å². The zero-order valence-electron chi connectivity index (χ0n) is 16.4. The summed E-state index contributed by atoms with van der Waals surface area (Å²) >= 11 is 3.43. The fraction of sp³-hybridized carbons (Fsp3) is 0.227. The topological polar surface area (TPSA) is 67.2 Å². The van der Waals surface area contributed by atoms with Crippen LogP contribution in [0.5, 0.6) is 0 Å². The van der Waals surface area contributed by atoms with Gasteiger partial charge < -0.3 is 5.32 Å². The van der Waals surface area contributed by atoms with E-state index in [1.807, 2.05) is 73.1 Å². The van der Waals surface area contributed by atoms with Crippen LogP contribution >= 0.6 is 15.9 Å². The first-order chi connectivity index (χ1) is 13.8. The minimum Gasteiger partial charge on any atom is -0.319 e. The quantitative estimate of drug-likeness (QED) is 0.602. The number of halogens is 1. The molecule has 7 heteroatoms. The lowest BCUT2D eigenvalue weighted by molar-refractivity contribution is -0.131. The number of aromatic nitrogens is 2. The molecule has 0 spiro atoms. The molecule has 1 atom stereocenters. The van der Waals surface area contributed by atoms with Gasteiger partial charge in [0, 0.05) is 10.2 Å². The fourth-order valence-corrected chi connectivity index (χ4v) is 4.05. The highest BCUT2D eigenvalue weighted by Gasteiger charge is 2.48. The molecular weight excluding hydrogens is 432 g/mol. The fourth-order valence-electron chi connectivity index (χ4n) is 3.65. The Labute approximate surface area is 177 Å². The van der Waals surface area contributed by atoms with Crippen LogP contribution in [0, 0.1) is 13.8 Å². The summed E-state index contributed by atoms with van der Waals surface area (Å²) in [5.74, 6) is -0.261. The predicted molar refractivity (Wildman–Crippen MR) is 114 cm³/mol. The van der Waals surface area contributed by atoms with Gasteiger partial charge in [0.15, 0.2) is 0 Å². The molecule has 4 rings (SSSR count). The third-order valence-electron chi connectivity index (χ3n) is 5.21. The second-order valence-corrected chi connectivity index (χ2v) is 8.38. The summed E-state index contributed by atoms with van der Waals surface area (Å²) in [4.78, 5) is 26.9. The average Bonchev–Trinajstić information content (AvgIpc) is 3.13. The van der Waals surface area contributed by atoms with Crippen LogP contribution < -0.4 is 5.32 Å². The Morgan fingerprint density at radius 3 is 2.41 bits per heavy atom. The molecule has 0 unspecified atom stereocenters. The summed E-state index contributed by atoms with van der Waals surface area (Å²) in [5.41, 5.74) is 3.48. The average molecular weight is 453 g/mol. The number of amides is 3. The van der Waals surface area contributed by atoms with Gasteiger partial charge in [0.1, 0.15) is 5.54 Å². The van der Waals surface area contributed by atoms with Crippen molar-refractivity contribution in [1.29, 1.82) is 0 Å². The molecule has 3 aromatic rings. The van der Waals surface area contributed by atoms with Crippen LogP contribution in [0.15, 0.2) is 59.1 Å². The van der Waals surface area contributed by atoms with Gasteiger partial charge in [-0.3, -0.25) is 9.69 Å². The van der Waals surface area contributed by atoms with Crippen molar-refractivity contribution >= 4 is 27.9 Å². The molecule has 3 amide bonds. The molecule has 148 valence electrons. The van der Waals surface area contributed by atoms with Crippen molar-refractivity contribution in [3.05, 3.63) is 81.6 Å². The first-order valence-electron chi connectivity index (χ1n) is 9.31. The molecule has 1 saturated heterocycles. The normalized spacial score (nSPS) is 19.0. The molecule has 0 saturated carbocycles. The van der Waals surface area contributed by atoms with Crippen LogP contribution in [0.2, 0.25) is 0 Å². The Bertz CT molecular complexity index is 1110. The van der Waals surface area contributed by atoms with Gasteiger partial charge in [-0.1, -0.05) is 40.2 Å². The van der Waals surface area contributed by atoms with E-state index in [1.165, 1.54) is 4.90 Å². The number of carbonyl (C=O) groups excluding carboxylic acids is 2. The maximum Gasteiger partial charge on any atom is 0.325 e. The summed E-state index contributed by atoms with van der Waals surface area (Å²) in [6, 6.07) is 16.8. The maximum absolute atomic E-state index is 13.1. The molecular formula is C22H21BrN4O2. The molecule has 0 bridgehead atoms. The standard InChI is InChI=1S/C22H21BrN4O2/c1-14-11-15(2)27(25-14)19-9-7-16(8-10-19)13-26-20(28)22(3,24-21(26)29)17-5-4-6-18(23)12-17/h4-12H,13H2,1-3H3,(H,24,29)/t22-/m0/s1. The number of nitrogens with one attached hydrogen (secondary N) is 1. The summed E-state index contributed by atoms with van der Waals surface area (Å²) < 4.78 is 2.73. The van der Waals surface area contributed by atoms with Crippen LogP contribution in [-0.4, -0.2) is 26.6 Å². The summed E-state index contributed by atoms with van der Waals surface area (Å²) in [6.07, 6.45) is 0. The van der Waals surface area contributed by atoms with Gasteiger partial charge in [0.05, 0.1) is 17.9 Å². The van der Waals surface area contributed by atoms with Gasteiger partial charge in [-0.05, 0) is 62.2 Å². The Hall–Kier alpha value is -2.93. The molecule has 1 aromatic heterocycles. The molecule has 1 aliphatic rings. The predicted octanol–water partition coefficient (Wildman–Crippen LogP) is 4.22. The van der Waals surface area contributed by atoms with Gasteiger partial charge in [0.25, 0.3) is 5.91 Å². The van der Waals surface area contributed by atoms with Crippen molar-refractivity contribution < 1.29 is 9.59 Å². The second kappa shape index (κ2) is 7.15. The molecule has 0 radical (unpaired) electrons. The highest BCUT2D eigenvalue weighted by atomic mass is 79.9. The number of aryl methyl sites for hydroxylation is 2. The largest absolute Gasteiger partial charge is 0.325 e. The number of benzene rings is 2. The Morgan fingerprint density at radius 2 is 1.79 bits per heavy atom. The first-order valence-corrected chi connectivity index (χ1v) is 10.1. The van der Waals surface area contributed by atoms with Gasteiger partial charge in [0.2, 0.25) is 0 Å². The van der Waals surface area contributed by atoms with Crippen LogP contribution in [0.4, 0.5) is 4.79 Å². The molecule has 2 aromatic carbocycles. The van der Waals surface area contributed by atoms with Crippen LogP contribution in [0.1, 0.15) is 29.4 Å². The summed E-state index contributed by atoms with van der Waals surface area (Å²) in [5, 5.41) is 7.33. The number of hydrogen-bond donors (Lipinski definition) is 1. The third-order valence-corrected chi connectivity index (χ3v) is 5.70. The molecule has 1 fully saturated rings. The lowest BCUT2D eigenvalue weighted by atomic mass is 9.92. The highest BCUT2D eigenvalue weighted by Crippen LogP contribution is 2.31. The maximum atomic E-state index is 13.1. The molecule has 6 nitrogen and oxygen atoms in total. The van der Waals surface area contributed by atoms with Crippen LogP contribution in [0.25, 0.3) is 5.69 Å². The van der Waals surface area contributed by atoms with Gasteiger partial charge in [-0.25, -0.2) is 9.48 Å². The number of rotatable bonds is 4. The molecule has 1 aliphatic heterocycles.